The molecule has 0 saturated carbocycles. The fraction of sp³-hybridized carbons (Fsp3) is 0.409. The molecule has 1 aliphatic heterocycles. The smallest absolute Gasteiger partial charge is 0.339 e. The van der Waals surface area contributed by atoms with Crippen molar-refractivity contribution in [3.8, 4) is 6.07 Å². The number of nitrogens with zero attached hydrogens (tertiary/aromatic N) is 5. The van der Waals surface area contributed by atoms with Gasteiger partial charge in [0.1, 0.15) is 6.07 Å². The lowest BCUT2D eigenvalue weighted by atomic mass is 10.0. The number of nitriles is 1. The highest BCUT2D eigenvalue weighted by Gasteiger charge is 2.26. The van der Waals surface area contributed by atoms with Crippen LogP contribution in [-0.4, -0.2) is 62.8 Å². The molecule has 0 radical (unpaired) electrons. The zero-order chi connectivity index (χ0) is 23.3. The first-order chi connectivity index (χ1) is 15.4. The Labute approximate surface area is 186 Å². The van der Waals surface area contributed by atoms with E-state index in [9.17, 15) is 14.9 Å². The highest BCUT2D eigenvalue weighted by molar-refractivity contribution is 5.93. The van der Waals surface area contributed by atoms with Crippen LogP contribution in [0, 0.1) is 18.3 Å². The Bertz CT molecular complexity index is 1040. The van der Waals surface area contributed by atoms with Crippen molar-refractivity contribution in [2.75, 3.05) is 49.5 Å². The van der Waals surface area contributed by atoms with Crippen LogP contribution in [0.2, 0.25) is 0 Å². The Hall–Kier alpha value is -3.71. The molecule has 2 aromatic rings. The zero-order valence-corrected chi connectivity index (χ0v) is 18.6. The first-order valence-electron chi connectivity index (χ1n) is 10.2. The number of aromatic nitrogens is 2. The van der Waals surface area contributed by atoms with Gasteiger partial charge in [-0.1, -0.05) is 0 Å². The highest BCUT2D eigenvalue weighted by atomic mass is 16.5. The molecule has 0 bridgehead atoms. The number of carbonyl (C=O) groups excluding carboxylic acids is 2. The van der Waals surface area contributed by atoms with E-state index in [1.54, 1.807) is 30.2 Å². The van der Waals surface area contributed by atoms with Crippen LogP contribution >= 0.6 is 0 Å². The maximum absolute atomic E-state index is 12.0. The number of rotatable bonds is 7. The van der Waals surface area contributed by atoms with Crippen LogP contribution in [-0.2, 0) is 14.3 Å². The molecule has 3 rings (SSSR count). The van der Waals surface area contributed by atoms with E-state index >= 15 is 0 Å². The van der Waals surface area contributed by atoms with Gasteiger partial charge in [0, 0.05) is 39.0 Å². The fourth-order valence-corrected chi connectivity index (χ4v) is 3.54. The second-order valence-corrected chi connectivity index (χ2v) is 7.59. The second-order valence-electron chi connectivity index (χ2n) is 7.59. The van der Waals surface area contributed by atoms with E-state index in [4.69, 9.17) is 9.47 Å². The summed E-state index contributed by atoms with van der Waals surface area (Å²) in [6, 6.07) is 5.14. The summed E-state index contributed by atoms with van der Waals surface area (Å²) in [4.78, 5) is 36.4. The third kappa shape index (κ3) is 4.78. The first-order valence-corrected chi connectivity index (χ1v) is 10.2. The third-order valence-corrected chi connectivity index (χ3v) is 5.31. The standard InChI is InChI=1S/C22H26N6O4/c1-14-9-17(21(30)31-4)15(11-23)10-18(14)25-22-24-12-19(27(2)3)20(26-22)28(13-29)16-5-7-32-8-6-16/h9-10,12-13,16H,5-8H2,1-4H3,(H,24,25,26). The Morgan fingerprint density at radius 1 is 1.34 bits per heavy atom. The van der Waals surface area contributed by atoms with Crippen LogP contribution in [0.3, 0.4) is 0 Å². The van der Waals surface area contributed by atoms with Crippen LogP contribution in [0.25, 0.3) is 0 Å². The van der Waals surface area contributed by atoms with Gasteiger partial charge in [-0.05, 0) is 37.5 Å². The average molecular weight is 438 g/mol. The molecule has 1 aromatic carbocycles. The van der Waals surface area contributed by atoms with E-state index < -0.39 is 5.97 Å². The highest BCUT2D eigenvalue weighted by Crippen LogP contribution is 2.31. The minimum atomic E-state index is -0.580. The van der Waals surface area contributed by atoms with Gasteiger partial charge in [-0.25, -0.2) is 9.78 Å². The van der Waals surface area contributed by atoms with Crippen LogP contribution < -0.4 is 15.1 Å². The van der Waals surface area contributed by atoms with Crippen molar-refractivity contribution in [1.82, 2.24) is 9.97 Å². The number of anilines is 4. The lowest BCUT2D eigenvalue weighted by Gasteiger charge is -2.32. The van der Waals surface area contributed by atoms with E-state index in [2.05, 4.69) is 15.3 Å². The molecule has 1 aromatic heterocycles. The monoisotopic (exact) mass is 438 g/mol. The summed E-state index contributed by atoms with van der Waals surface area (Å²) < 4.78 is 10.2. The number of benzene rings is 1. The summed E-state index contributed by atoms with van der Waals surface area (Å²) in [7, 11) is 4.98. The quantitative estimate of drug-likeness (QED) is 0.513. The molecule has 10 heteroatoms. The molecule has 0 aliphatic carbocycles. The molecule has 10 nitrogen and oxygen atoms in total. The van der Waals surface area contributed by atoms with Crippen molar-refractivity contribution in [2.45, 2.75) is 25.8 Å². The van der Waals surface area contributed by atoms with Gasteiger partial charge in [-0.3, -0.25) is 9.69 Å². The predicted molar refractivity (Wildman–Crippen MR) is 119 cm³/mol. The Kier molecular flexibility index (Phi) is 7.22. The molecule has 1 amide bonds. The number of aryl methyl sites for hydroxylation is 1. The molecule has 1 aliphatic rings. The molecular weight excluding hydrogens is 412 g/mol. The number of amides is 1. The first kappa shape index (κ1) is 23.0. The minimum Gasteiger partial charge on any atom is -0.465 e. The average Bonchev–Trinajstić information content (AvgIpc) is 2.80. The van der Waals surface area contributed by atoms with Gasteiger partial charge < -0.3 is 19.7 Å². The Morgan fingerprint density at radius 3 is 2.66 bits per heavy atom. The lowest BCUT2D eigenvalue weighted by Crippen LogP contribution is -2.40. The second kappa shape index (κ2) is 10.1. The van der Waals surface area contributed by atoms with Gasteiger partial charge in [0.05, 0.1) is 30.1 Å². The molecule has 1 saturated heterocycles. The molecule has 0 spiro atoms. The summed E-state index contributed by atoms with van der Waals surface area (Å²) in [5.74, 6) is 0.171. The van der Waals surface area contributed by atoms with E-state index in [-0.39, 0.29) is 23.1 Å². The van der Waals surface area contributed by atoms with Gasteiger partial charge in [-0.2, -0.15) is 10.2 Å². The van der Waals surface area contributed by atoms with Crippen LogP contribution in [0.1, 0.15) is 34.3 Å². The van der Waals surface area contributed by atoms with Crippen molar-refractivity contribution in [2.24, 2.45) is 0 Å². The number of hydrogen-bond acceptors (Lipinski definition) is 9. The number of hydrogen-bond donors (Lipinski definition) is 1. The van der Waals surface area contributed by atoms with Crippen molar-refractivity contribution in [3.05, 3.63) is 35.0 Å². The number of carbonyl (C=O) groups is 2. The summed E-state index contributed by atoms with van der Waals surface area (Å²) in [6.07, 6.45) is 3.87. The maximum Gasteiger partial charge on any atom is 0.339 e. The topological polar surface area (TPSA) is 121 Å². The lowest BCUT2D eigenvalue weighted by molar-refractivity contribution is -0.108. The number of ether oxygens (including phenoxy) is 2. The predicted octanol–water partition coefficient (Wildman–Crippen LogP) is 2.39. The van der Waals surface area contributed by atoms with E-state index in [0.717, 1.165) is 19.3 Å². The third-order valence-electron chi connectivity index (χ3n) is 5.31. The number of methoxy groups -OCH3 is 1. The Morgan fingerprint density at radius 2 is 2.06 bits per heavy atom. The zero-order valence-electron chi connectivity index (χ0n) is 18.6. The number of nitrogens with one attached hydrogen (secondary N) is 1. The largest absolute Gasteiger partial charge is 0.465 e. The van der Waals surface area contributed by atoms with Crippen molar-refractivity contribution in [3.63, 3.8) is 0 Å². The number of esters is 1. The van der Waals surface area contributed by atoms with E-state index in [1.165, 1.54) is 7.11 Å². The van der Waals surface area contributed by atoms with Crippen molar-refractivity contribution >= 4 is 35.5 Å². The van der Waals surface area contributed by atoms with Gasteiger partial charge in [0.15, 0.2) is 5.82 Å². The van der Waals surface area contributed by atoms with Gasteiger partial charge in [0.2, 0.25) is 12.4 Å². The van der Waals surface area contributed by atoms with Gasteiger partial charge in [0.25, 0.3) is 0 Å². The fourth-order valence-electron chi connectivity index (χ4n) is 3.54. The Balaban J connectivity index is 1.99. The SMILES string of the molecule is COC(=O)c1cc(C)c(Nc2ncc(N(C)C)c(N(C=O)C3CCOCC3)n2)cc1C#N. The molecule has 0 unspecified atom stereocenters. The van der Waals surface area contributed by atoms with E-state index in [0.29, 0.717) is 36.0 Å². The normalized spacial score (nSPS) is 13.7. The molecule has 1 N–H and O–H groups in total. The minimum absolute atomic E-state index is 0.0195. The molecular formula is C22H26N6O4. The summed E-state index contributed by atoms with van der Waals surface area (Å²) >= 11 is 0. The summed E-state index contributed by atoms with van der Waals surface area (Å²) in [5.41, 5.74) is 2.34. The molecule has 32 heavy (non-hydrogen) atoms. The molecule has 1 fully saturated rings. The molecule has 168 valence electrons. The van der Waals surface area contributed by atoms with Gasteiger partial charge in [-0.15, -0.1) is 0 Å². The van der Waals surface area contributed by atoms with Gasteiger partial charge >= 0.3 is 5.97 Å². The van der Waals surface area contributed by atoms with Crippen LogP contribution in [0.4, 0.5) is 23.1 Å². The maximum atomic E-state index is 12.0. The molecule has 2 heterocycles. The van der Waals surface area contributed by atoms with Crippen molar-refractivity contribution < 1.29 is 19.1 Å². The van der Waals surface area contributed by atoms with Crippen LogP contribution in [0.5, 0.6) is 0 Å². The van der Waals surface area contributed by atoms with Crippen LogP contribution in [0.15, 0.2) is 18.3 Å². The molecule has 0 atom stereocenters. The van der Waals surface area contributed by atoms with Crippen molar-refractivity contribution in [1.29, 1.82) is 5.26 Å². The summed E-state index contributed by atoms with van der Waals surface area (Å²) in [5, 5.41) is 12.6. The van der Waals surface area contributed by atoms with E-state index in [1.807, 2.05) is 25.1 Å². The summed E-state index contributed by atoms with van der Waals surface area (Å²) in [6.45, 7) is 2.97.